The van der Waals surface area contributed by atoms with Gasteiger partial charge in [-0.25, -0.2) is 0 Å². The number of fused-ring (bicyclic) bond motifs is 1. The highest BCUT2D eigenvalue weighted by molar-refractivity contribution is 6.36. The van der Waals surface area contributed by atoms with Gasteiger partial charge in [0.2, 0.25) is 0 Å². The summed E-state index contributed by atoms with van der Waals surface area (Å²) in [5, 5.41) is 6.06. The Labute approximate surface area is 211 Å². The van der Waals surface area contributed by atoms with E-state index in [9.17, 15) is 9.59 Å². The van der Waals surface area contributed by atoms with Crippen LogP contribution >= 0.6 is 0 Å². The normalized spacial score (nSPS) is 16.3. The molecule has 7 heteroatoms. The molecule has 1 saturated heterocycles. The van der Waals surface area contributed by atoms with Crippen molar-refractivity contribution in [2.45, 2.75) is 26.7 Å². The van der Waals surface area contributed by atoms with Gasteiger partial charge in [-0.3, -0.25) is 9.59 Å². The molecule has 0 unspecified atom stereocenters. The van der Waals surface area contributed by atoms with Crippen LogP contribution < -0.4 is 15.4 Å². The van der Waals surface area contributed by atoms with E-state index < -0.39 is 0 Å². The minimum Gasteiger partial charge on any atom is -0.497 e. The molecule has 0 atom stereocenters. The van der Waals surface area contributed by atoms with E-state index in [1.54, 1.807) is 7.11 Å². The molecule has 2 aliphatic heterocycles. The van der Waals surface area contributed by atoms with Crippen LogP contribution in [0.25, 0.3) is 22.8 Å². The second kappa shape index (κ2) is 10.0. The molecular weight excluding hydrogens is 452 g/mol. The minimum absolute atomic E-state index is 0.0831. The van der Waals surface area contributed by atoms with Gasteiger partial charge in [0.25, 0.3) is 11.8 Å². The van der Waals surface area contributed by atoms with Crippen molar-refractivity contribution < 1.29 is 14.3 Å². The largest absolute Gasteiger partial charge is 0.497 e. The second-order valence-corrected chi connectivity index (χ2v) is 9.44. The molecule has 0 saturated carbocycles. The number of aromatic amines is 1. The number of aryl methyl sites for hydroxylation is 1. The van der Waals surface area contributed by atoms with Crippen molar-refractivity contribution in [1.29, 1.82) is 0 Å². The number of hydrogen-bond acceptors (Lipinski definition) is 4. The number of hydrogen-bond donors (Lipinski definition) is 3. The summed E-state index contributed by atoms with van der Waals surface area (Å²) in [7, 11) is 1.64. The Balaban J connectivity index is 1.44. The summed E-state index contributed by atoms with van der Waals surface area (Å²) in [4.78, 5) is 31.7. The van der Waals surface area contributed by atoms with Gasteiger partial charge in [0.15, 0.2) is 0 Å². The SMILES string of the molecule is COc1ccc(-c2cccc3c2/C(=C/c2[nH]c(C)c(C(=O)NCCN4CCCC4)c2C)C(=O)N3)cc1. The van der Waals surface area contributed by atoms with E-state index >= 15 is 0 Å². The van der Waals surface area contributed by atoms with Gasteiger partial charge in [0, 0.05) is 35.7 Å². The topological polar surface area (TPSA) is 86.5 Å². The van der Waals surface area contributed by atoms with Gasteiger partial charge in [-0.1, -0.05) is 24.3 Å². The fraction of sp³-hybridized carbons (Fsp3) is 0.310. The molecule has 5 rings (SSSR count). The van der Waals surface area contributed by atoms with Crippen LogP contribution in [0, 0.1) is 13.8 Å². The number of methoxy groups -OCH3 is 1. The first-order valence-electron chi connectivity index (χ1n) is 12.5. The van der Waals surface area contributed by atoms with Crippen LogP contribution in [0.5, 0.6) is 5.75 Å². The number of ether oxygens (including phenoxy) is 1. The summed E-state index contributed by atoms with van der Waals surface area (Å²) < 4.78 is 5.29. The van der Waals surface area contributed by atoms with Crippen LogP contribution in [-0.2, 0) is 4.79 Å². The van der Waals surface area contributed by atoms with Gasteiger partial charge >= 0.3 is 0 Å². The number of nitrogens with one attached hydrogen (secondary N) is 3. The first-order chi connectivity index (χ1) is 17.5. The lowest BCUT2D eigenvalue weighted by Crippen LogP contribution is -2.33. The molecule has 7 nitrogen and oxygen atoms in total. The van der Waals surface area contributed by atoms with E-state index in [1.807, 2.05) is 62.4 Å². The smallest absolute Gasteiger partial charge is 0.256 e. The summed E-state index contributed by atoms with van der Waals surface area (Å²) >= 11 is 0. The highest BCUT2D eigenvalue weighted by atomic mass is 16.5. The minimum atomic E-state index is -0.158. The Morgan fingerprint density at radius 3 is 2.58 bits per heavy atom. The predicted molar refractivity (Wildman–Crippen MR) is 143 cm³/mol. The highest BCUT2D eigenvalue weighted by Gasteiger charge is 2.28. The fourth-order valence-electron chi connectivity index (χ4n) is 5.22. The van der Waals surface area contributed by atoms with Crippen LogP contribution in [0.15, 0.2) is 42.5 Å². The van der Waals surface area contributed by atoms with Gasteiger partial charge < -0.3 is 25.3 Å². The van der Waals surface area contributed by atoms with Gasteiger partial charge in [-0.15, -0.1) is 0 Å². The molecule has 3 N–H and O–H groups in total. The quantitative estimate of drug-likeness (QED) is 0.427. The lowest BCUT2D eigenvalue weighted by Gasteiger charge is -2.14. The van der Waals surface area contributed by atoms with Crippen LogP contribution in [0.1, 0.15) is 45.7 Å². The summed E-state index contributed by atoms with van der Waals surface area (Å²) in [6.45, 7) is 7.54. The third-order valence-electron chi connectivity index (χ3n) is 7.13. The van der Waals surface area contributed by atoms with Crippen LogP contribution in [0.4, 0.5) is 5.69 Å². The third-order valence-corrected chi connectivity index (χ3v) is 7.13. The van der Waals surface area contributed by atoms with E-state index in [-0.39, 0.29) is 11.8 Å². The van der Waals surface area contributed by atoms with E-state index in [4.69, 9.17) is 4.74 Å². The molecule has 1 fully saturated rings. The maximum Gasteiger partial charge on any atom is 0.256 e. The number of likely N-dealkylation sites (tertiary alicyclic amines) is 1. The molecule has 3 aromatic rings. The van der Waals surface area contributed by atoms with Gasteiger partial charge in [0.05, 0.1) is 18.2 Å². The number of carbonyl (C=O) groups is 2. The summed E-state index contributed by atoms with van der Waals surface area (Å²) in [5.41, 5.74) is 7.19. The number of aromatic nitrogens is 1. The van der Waals surface area contributed by atoms with Crippen molar-refractivity contribution in [3.8, 4) is 16.9 Å². The number of rotatable bonds is 7. The first kappa shape index (κ1) is 23.9. The van der Waals surface area contributed by atoms with Crippen molar-refractivity contribution in [1.82, 2.24) is 15.2 Å². The van der Waals surface area contributed by atoms with Crippen LogP contribution in [-0.4, -0.2) is 55.0 Å². The Kier molecular flexibility index (Phi) is 6.65. The van der Waals surface area contributed by atoms with Crippen molar-refractivity contribution in [2.24, 2.45) is 0 Å². The summed E-state index contributed by atoms with van der Waals surface area (Å²) in [6, 6.07) is 13.7. The van der Waals surface area contributed by atoms with Crippen molar-refractivity contribution in [3.63, 3.8) is 0 Å². The van der Waals surface area contributed by atoms with Gasteiger partial charge in [-0.05, 0) is 80.7 Å². The molecule has 2 aromatic carbocycles. The molecular formula is C29H32N4O3. The van der Waals surface area contributed by atoms with Gasteiger partial charge in [0.1, 0.15) is 5.75 Å². The molecule has 36 heavy (non-hydrogen) atoms. The standard InChI is InChI=1S/C29H32N4O3/c1-18-25(31-19(2)26(18)29(35)30-13-16-33-14-4-5-15-33)17-23-27-22(7-6-8-24(27)32-28(23)34)20-9-11-21(36-3)12-10-20/h6-12,17,31H,4-5,13-16H2,1-3H3,(H,30,35)(H,32,34)/b23-17-. The van der Waals surface area contributed by atoms with Crippen LogP contribution in [0.3, 0.4) is 0 Å². The maximum absolute atomic E-state index is 13.0. The van der Waals surface area contributed by atoms with E-state index in [0.29, 0.717) is 17.7 Å². The summed E-state index contributed by atoms with van der Waals surface area (Å²) in [5.74, 6) is 0.537. The molecule has 186 valence electrons. The highest BCUT2D eigenvalue weighted by Crippen LogP contribution is 2.41. The van der Waals surface area contributed by atoms with E-state index in [0.717, 1.165) is 64.7 Å². The third kappa shape index (κ3) is 4.54. The average molecular weight is 485 g/mol. The zero-order valence-electron chi connectivity index (χ0n) is 21.0. The maximum atomic E-state index is 13.0. The molecule has 3 heterocycles. The monoisotopic (exact) mass is 484 g/mol. The van der Waals surface area contributed by atoms with Crippen molar-refractivity contribution >= 4 is 29.2 Å². The molecule has 0 radical (unpaired) electrons. The zero-order valence-corrected chi connectivity index (χ0v) is 21.0. The number of nitrogens with zero attached hydrogens (tertiary/aromatic N) is 1. The average Bonchev–Trinajstić information content (AvgIpc) is 3.58. The molecule has 0 aliphatic carbocycles. The van der Waals surface area contributed by atoms with E-state index in [1.165, 1.54) is 12.8 Å². The molecule has 0 spiro atoms. The predicted octanol–water partition coefficient (Wildman–Crippen LogP) is 4.63. The van der Waals surface area contributed by atoms with Crippen molar-refractivity contribution in [3.05, 3.63) is 70.5 Å². The summed E-state index contributed by atoms with van der Waals surface area (Å²) in [6.07, 6.45) is 4.33. The van der Waals surface area contributed by atoms with Gasteiger partial charge in [-0.2, -0.15) is 0 Å². The Hall–Kier alpha value is -3.84. The number of benzene rings is 2. The fourth-order valence-corrected chi connectivity index (χ4v) is 5.22. The number of carbonyl (C=O) groups excluding carboxylic acids is 2. The Morgan fingerprint density at radius 2 is 1.86 bits per heavy atom. The number of anilines is 1. The number of amides is 2. The number of H-pyrrole nitrogens is 1. The lowest BCUT2D eigenvalue weighted by molar-refractivity contribution is -0.110. The van der Waals surface area contributed by atoms with Crippen molar-refractivity contribution in [2.75, 3.05) is 38.6 Å². The second-order valence-electron chi connectivity index (χ2n) is 9.44. The molecule has 2 amide bonds. The lowest BCUT2D eigenvalue weighted by atomic mass is 9.94. The first-order valence-corrected chi connectivity index (χ1v) is 12.5. The zero-order chi connectivity index (χ0) is 25.2. The van der Waals surface area contributed by atoms with Crippen LogP contribution in [0.2, 0.25) is 0 Å². The Morgan fingerprint density at radius 1 is 1.11 bits per heavy atom. The molecule has 2 aliphatic rings. The Bertz CT molecular complexity index is 1330. The van der Waals surface area contributed by atoms with E-state index in [2.05, 4.69) is 20.5 Å². The molecule has 1 aromatic heterocycles. The molecule has 0 bridgehead atoms.